The van der Waals surface area contributed by atoms with E-state index in [1.165, 1.54) is 18.9 Å². The molecule has 2 amide bonds. The van der Waals surface area contributed by atoms with Crippen LogP contribution in [-0.4, -0.2) is 74.1 Å². The van der Waals surface area contributed by atoms with Crippen LogP contribution in [0.5, 0.6) is 0 Å². The van der Waals surface area contributed by atoms with Crippen molar-refractivity contribution in [1.29, 1.82) is 0 Å². The van der Waals surface area contributed by atoms with E-state index >= 15 is 0 Å². The highest BCUT2D eigenvalue weighted by Crippen LogP contribution is 2.11. The second-order valence-electron chi connectivity index (χ2n) is 6.61. The lowest BCUT2D eigenvalue weighted by atomic mass is 10.2. The minimum absolute atomic E-state index is 0.0275. The largest absolute Gasteiger partial charge is 0.468 e. The standard InChI is InChI=1S/C20H29N3O5S/c1-27-20(26)15-29-12-6-18(24)21-14-16-3-2-4-17(13-16)22-19(25)5-7-23-8-10-28-11-9-23/h2-4,13H,5-12,14-15H2,1H3,(H,21,24)(H,22,25). The Morgan fingerprint density at radius 3 is 2.72 bits per heavy atom. The van der Waals surface area contributed by atoms with Crippen LogP contribution in [0.1, 0.15) is 18.4 Å². The second kappa shape index (κ2) is 13.2. The third kappa shape index (κ3) is 9.78. The summed E-state index contributed by atoms with van der Waals surface area (Å²) in [7, 11) is 1.34. The number of nitrogens with one attached hydrogen (secondary N) is 2. The van der Waals surface area contributed by atoms with Gasteiger partial charge in [0.25, 0.3) is 0 Å². The van der Waals surface area contributed by atoms with E-state index in [4.69, 9.17) is 4.74 Å². The summed E-state index contributed by atoms with van der Waals surface area (Å²) in [6.07, 6.45) is 0.768. The summed E-state index contributed by atoms with van der Waals surface area (Å²) in [5, 5.41) is 5.76. The van der Waals surface area contributed by atoms with Gasteiger partial charge >= 0.3 is 5.97 Å². The predicted molar refractivity (Wildman–Crippen MR) is 113 cm³/mol. The molecule has 8 nitrogen and oxygen atoms in total. The van der Waals surface area contributed by atoms with E-state index in [0.717, 1.165) is 44.1 Å². The zero-order chi connectivity index (χ0) is 20.9. The average Bonchev–Trinajstić information content (AvgIpc) is 2.74. The fourth-order valence-corrected chi connectivity index (χ4v) is 3.49. The number of morpholine rings is 1. The Morgan fingerprint density at radius 2 is 1.97 bits per heavy atom. The Hall–Kier alpha value is -2.10. The maximum Gasteiger partial charge on any atom is 0.315 e. The second-order valence-corrected chi connectivity index (χ2v) is 7.71. The molecule has 1 aliphatic heterocycles. The van der Waals surface area contributed by atoms with Gasteiger partial charge in [-0.15, -0.1) is 11.8 Å². The third-order valence-corrected chi connectivity index (χ3v) is 5.31. The molecule has 0 radical (unpaired) electrons. The summed E-state index contributed by atoms with van der Waals surface area (Å²) >= 11 is 1.37. The van der Waals surface area contributed by atoms with Gasteiger partial charge in [0.15, 0.2) is 0 Å². The highest BCUT2D eigenvalue weighted by molar-refractivity contribution is 7.99. The Bertz CT molecular complexity index is 680. The van der Waals surface area contributed by atoms with Crippen molar-refractivity contribution >= 4 is 35.2 Å². The molecule has 1 aromatic carbocycles. The van der Waals surface area contributed by atoms with Crippen LogP contribution in [0, 0.1) is 0 Å². The van der Waals surface area contributed by atoms with Gasteiger partial charge in [0.1, 0.15) is 0 Å². The highest BCUT2D eigenvalue weighted by Gasteiger charge is 2.12. The van der Waals surface area contributed by atoms with E-state index in [9.17, 15) is 14.4 Å². The predicted octanol–water partition coefficient (Wildman–Crippen LogP) is 1.26. The Kier molecular flexibility index (Phi) is 10.5. The maximum absolute atomic E-state index is 12.2. The Balaban J connectivity index is 1.66. The lowest BCUT2D eigenvalue weighted by molar-refractivity contribution is -0.137. The minimum atomic E-state index is -0.292. The molecule has 0 bridgehead atoms. The van der Waals surface area contributed by atoms with Gasteiger partial charge in [-0.2, -0.15) is 0 Å². The number of thioether (sulfide) groups is 1. The molecule has 2 rings (SSSR count). The van der Waals surface area contributed by atoms with Crippen molar-refractivity contribution in [3.05, 3.63) is 29.8 Å². The molecule has 0 aromatic heterocycles. The summed E-state index contributed by atoms with van der Waals surface area (Å²) in [5.41, 5.74) is 1.63. The summed E-state index contributed by atoms with van der Waals surface area (Å²) in [6, 6.07) is 7.45. The van der Waals surface area contributed by atoms with Gasteiger partial charge in [0.2, 0.25) is 11.8 Å². The molecule has 0 atom stereocenters. The Morgan fingerprint density at radius 1 is 1.17 bits per heavy atom. The average molecular weight is 424 g/mol. The van der Waals surface area contributed by atoms with Gasteiger partial charge in [-0.25, -0.2) is 0 Å². The van der Waals surface area contributed by atoms with Gasteiger partial charge in [-0.3, -0.25) is 19.3 Å². The van der Waals surface area contributed by atoms with Crippen LogP contribution in [0.4, 0.5) is 5.69 Å². The quantitative estimate of drug-likeness (QED) is 0.409. The van der Waals surface area contributed by atoms with Crippen LogP contribution in [0.2, 0.25) is 0 Å². The van der Waals surface area contributed by atoms with E-state index in [1.807, 2.05) is 24.3 Å². The number of hydrogen-bond donors (Lipinski definition) is 2. The number of methoxy groups -OCH3 is 1. The smallest absolute Gasteiger partial charge is 0.315 e. The van der Waals surface area contributed by atoms with Crippen molar-refractivity contribution in [2.24, 2.45) is 0 Å². The van der Waals surface area contributed by atoms with Gasteiger partial charge in [0, 0.05) is 50.5 Å². The molecule has 9 heteroatoms. The molecule has 1 aromatic rings. The van der Waals surface area contributed by atoms with Crippen LogP contribution in [-0.2, 0) is 30.4 Å². The van der Waals surface area contributed by atoms with Gasteiger partial charge in [-0.1, -0.05) is 12.1 Å². The number of nitrogens with zero attached hydrogens (tertiary/aromatic N) is 1. The fourth-order valence-electron chi connectivity index (χ4n) is 2.74. The van der Waals surface area contributed by atoms with Crippen LogP contribution in [0.25, 0.3) is 0 Å². The van der Waals surface area contributed by atoms with Crippen molar-refractivity contribution < 1.29 is 23.9 Å². The summed E-state index contributed by atoms with van der Waals surface area (Å²) < 4.78 is 9.85. The number of carbonyl (C=O) groups excluding carboxylic acids is 3. The highest BCUT2D eigenvalue weighted by atomic mass is 32.2. The number of hydrogen-bond acceptors (Lipinski definition) is 7. The third-order valence-electron chi connectivity index (χ3n) is 4.38. The van der Waals surface area contributed by atoms with Crippen LogP contribution >= 0.6 is 11.8 Å². The summed E-state index contributed by atoms with van der Waals surface area (Å²) in [6.45, 7) is 4.28. The van der Waals surface area contributed by atoms with E-state index in [0.29, 0.717) is 25.1 Å². The molecule has 0 spiro atoms. The Labute approximate surface area is 175 Å². The first kappa shape index (κ1) is 23.2. The fraction of sp³-hybridized carbons (Fsp3) is 0.550. The van der Waals surface area contributed by atoms with Crippen LogP contribution < -0.4 is 10.6 Å². The van der Waals surface area contributed by atoms with E-state index in [1.54, 1.807) is 0 Å². The lowest BCUT2D eigenvalue weighted by Gasteiger charge is -2.26. The van der Waals surface area contributed by atoms with Crippen LogP contribution in [0.15, 0.2) is 24.3 Å². The normalized spacial score (nSPS) is 14.2. The zero-order valence-electron chi connectivity index (χ0n) is 16.8. The molecule has 0 saturated carbocycles. The number of benzene rings is 1. The number of carbonyl (C=O) groups is 3. The van der Waals surface area contributed by atoms with Crippen molar-refractivity contribution in [2.75, 3.05) is 56.8 Å². The molecule has 160 valence electrons. The SMILES string of the molecule is COC(=O)CSCCC(=O)NCc1cccc(NC(=O)CCN2CCOCC2)c1. The van der Waals surface area contributed by atoms with Gasteiger partial charge < -0.3 is 20.1 Å². The van der Waals surface area contributed by atoms with E-state index in [2.05, 4.69) is 20.3 Å². The van der Waals surface area contributed by atoms with Gasteiger partial charge in [-0.05, 0) is 17.7 Å². The topological polar surface area (TPSA) is 97.0 Å². The zero-order valence-corrected chi connectivity index (χ0v) is 17.6. The molecule has 1 heterocycles. The van der Waals surface area contributed by atoms with E-state index in [-0.39, 0.29) is 23.5 Å². The maximum atomic E-state index is 12.2. The molecule has 2 N–H and O–H groups in total. The minimum Gasteiger partial charge on any atom is -0.468 e. The number of anilines is 1. The number of esters is 1. The van der Waals surface area contributed by atoms with Crippen molar-refractivity contribution in [3.63, 3.8) is 0 Å². The summed E-state index contributed by atoms with van der Waals surface area (Å²) in [4.78, 5) is 37.3. The number of rotatable bonds is 11. The van der Waals surface area contributed by atoms with Crippen molar-refractivity contribution in [2.45, 2.75) is 19.4 Å². The van der Waals surface area contributed by atoms with Crippen molar-refractivity contribution in [1.82, 2.24) is 10.2 Å². The molecule has 1 saturated heterocycles. The molecule has 1 aliphatic rings. The molecule has 0 unspecified atom stereocenters. The molecule has 1 fully saturated rings. The molecular weight excluding hydrogens is 394 g/mol. The summed E-state index contributed by atoms with van der Waals surface area (Å²) in [5.74, 6) is 0.402. The van der Waals surface area contributed by atoms with Gasteiger partial charge in [0.05, 0.1) is 26.1 Å². The monoisotopic (exact) mass is 423 g/mol. The lowest BCUT2D eigenvalue weighted by Crippen LogP contribution is -2.38. The first-order chi connectivity index (χ1) is 14.1. The molecule has 0 aliphatic carbocycles. The van der Waals surface area contributed by atoms with E-state index < -0.39 is 0 Å². The number of amides is 2. The van der Waals surface area contributed by atoms with Crippen LogP contribution in [0.3, 0.4) is 0 Å². The molecular formula is C20H29N3O5S. The first-order valence-electron chi connectivity index (χ1n) is 9.67. The number of ether oxygens (including phenoxy) is 2. The molecule has 29 heavy (non-hydrogen) atoms. The van der Waals surface area contributed by atoms with Crippen molar-refractivity contribution in [3.8, 4) is 0 Å². The first-order valence-corrected chi connectivity index (χ1v) is 10.8.